The van der Waals surface area contributed by atoms with Crippen molar-refractivity contribution < 1.29 is 4.74 Å². The number of hydrogen-bond donors (Lipinski definition) is 1. The molecule has 0 saturated carbocycles. The predicted octanol–water partition coefficient (Wildman–Crippen LogP) is 5.02. The van der Waals surface area contributed by atoms with Gasteiger partial charge < -0.3 is 10.5 Å². The third kappa shape index (κ3) is 2.97. The predicted molar refractivity (Wildman–Crippen MR) is 72.4 cm³/mol. The van der Waals surface area contributed by atoms with Crippen LogP contribution in [0.25, 0.3) is 0 Å². The second kappa shape index (κ2) is 5.05. The highest BCUT2D eigenvalue weighted by molar-refractivity contribution is 6.35. The summed E-state index contributed by atoms with van der Waals surface area (Å²) >= 11 is 17.6. The molecule has 0 bridgehead atoms. The molecular weight excluding hydrogens is 280 g/mol. The van der Waals surface area contributed by atoms with Crippen LogP contribution in [0.15, 0.2) is 36.4 Å². The minimum atomic E-state index is 0.423. The van der Waals surface area contributed by atoms with Gasteiger partial charge in [0.25, 0.3) is 0 Å². The molecule has 2 rings (SSSR count). The molecule has 0 unspecified atom stereocenters. The van der Waals surface area contributed by atoms with Crippen LogP contribution in [0.2, 0.25) is 15.1 Å². The Morgan fingerprint density at radius 3 is 2.00 bits per heavy atom. The van der Waals surface area contributed by atoms with Crippen molar-refractivity contribution in [3.63, 3.8) is 0 Å². The van der Waals surface area contributed by atoms with Crippen LogP contribution in [0.1, 0.15) is 0 Å². The van der Waals surface area contributed by atoms with E-state index in [2.05, 4.69) is 0 Å². The fraction of sp³-hybridized carbons (Fsp3) is 0. The zero-order valence-electron chi connectivity index (χ0n) is 8.58. The number of benzene rings is 2. The van der Waals surface area contributed by atoms with Crippen molar-refractivity contribution in [3.8, 4) is 11.5 Å². The average Bonchev–Trinajstić information content (AvgIpc) is 2.25. The number of nitrogens with two attached hydrogens (primary N) is 1. The maximum absolute atomic E-state index is 5.99. The Balaban J connectivity index is 2.31. The summed E-state index contributed by atoms with van der Waals surface area (Å²) in [5.41, 5.74) is 6.22. The molecule has 0 fully saturated rings. The zero-order valence-corrected chi connectivity index (χ0v) is 10.9. The molecule has 0 spiro atoms. The molecule has 2 aromatic carbocycles. The maximum Gasteiger partial charge on any atom is 0.150 e. The fourth-order valence-electron chi connectivity index (χ4n) is 1.29. The van der Waals surface area contributed by atoms with E-state index in [1.165, 1.54) is 0 Å². The molecule has 0 saturated heterocycles. The quantitative estimate of drug-likeness (QED) is 0.787. The highest BCUT2D eigenvalue weighted by atomic mass is 35.5. The van der Waals surface area contributed by atoms with Crippen molar-refractivity contribution >= 4 is 40.5 Å². The lowest BCUT2D eigenvalue weighted by Gasteiger charge is -2.10. The third-order valence-corrected chi connectivity index (χ3v) is 2.85. The summed E-state index contributed by atoms with van der Waals surface area (Å²) in [4.78, 5) is 0. The van der Waals surface area contributed by atoms with E-state index in [0.29, 0.717) is 32.3 Å². The number of rotatable bonds is 2. The van der Waals surface area contributed by atoms with Gasteiger partial charge >= 0.3 is 0 Å². The molecular formula is C12H8Cl3NO. The van der Waals surface area contributed by atoms with Gasteiger partial charge in [0, 0.05) is 10.0 Å². The van der Waals surface area contributed by atoms with Crippen molar-refractivity contribution in [3.05, 3.63) is 51.5 Å². The first kappa shape index (κ1) is 12.4. The van der Waals surface area contributed by atoms with Gasteiger partial charge in [0.1, 0.15) is 11.5 Å². The van der Waals surface area contributed by atoms with Crippen LogP contribution in [0.4, 0.5) is 5.69 Å². The van der Waals surface area contributed by atoms with E-state index in [1.807, 2.05) is 0 Å². The van der Waals surface area contributed by atoms with Gasteiger partial charge in [-0.1, -0.05) is 34.8 Å². The minimum absolute atomic E-state index is 0.423. The largest absolute Gasteiger partial charge is 0.454 e. The Morgan fingerprint density at radius 1 is 0.824 bits per heavy atom. The molecule has 0 heterocycles. The summed E-state index contributed by atoms with van der Waals surface area (Å²) in [5, 5.41) is 1.52. The van der Waals surface area contributed by atoms with E-state index in [9.17, 15) is 0 Å². The first-order valence-corrected chi connectivity index (χ1v) is 5.87. The average molecular weight is 289 g/mol. The monoisotopic (exact) mass is 287 g/mol. The van der Waals surface area contributed by atoms with Gasteiger partial charge in [0.2, 0.25) is 0 Å². The van der Waals surface area contributed by atoms with E-state index in [-0.39, 0.29) is 0 Å². The highest BCUT2D eigenvalue weighted by Gasteiger charge is 2.06. The molecule has 0 atom stereocenters. The Bertz CT molecular complexity index is 508. The van der Waals surface area contributed by atoms with Crippen LogP contribution in [-0.2, 0) is 0 Å². The summed E-state index contributed by atoms with van der Waals surface area (Å²) in [5.74, 6) is 0.990. The van der Waals surface area contributed by atoms with Crippen molar-refractivity contribution in [2.75, 3.05) is 5.73 Å². The maximum atomic E-state index is 5.99. The number of halogens is 3. The number of anilines is 1. The molecule has 0 radical (unpaired) electrons. The first-order chi connectivity index (χ1) is 8.06. The van der Waals surface area contributed by atoms with Crippen LogP contribution in [-0.4, -0.2) is 0 Å². The van der Waals surface area contributed by atoms with Crippen LogP contribution < -0.4 is 10.5 Å². The molecule has 5 heteroatoms. The molecule has 0 aliphatic carbocycles. The lowest BCUT2D eigenvalue weighted by molar-refractivity contribution is 0.485. The molecule has 88 valence electrons. The van der Waals surface area contributed by atoms with Gasteiger partial charge in [-0.3, -0.25) is 0 Å². The first-order valence-electron chi connectivity index (χ1n) is 4.74. The summed E-state index contributed by atoms with van der Waals surface area (Å²) in [6, 6.07) is 9.96. The van der Waals surface area contributed by atoms with Gasteiger partial charge in [-0.2, -0.15) is 0 Å². The number of ether oxygens (including phenoxy) is 1. The molecule has 0 aliphatic rings. The Morgan fingerprint density at radius 2 is 1.41 bits per heavy atom. The number of nitrogen functional groups attached to an aromatic ring is 1. The van der Waals surface area contributed by atoms with E-state index >= 15 is 0 Å². The molecule has 0 aliphatic heterocycles. The van der Waals surface area contributed by atoms with Crippen LogP contribution in [0, 0.1) is 0 Å². The summed E-state index contributed by atoms with van der Waals surface area (Å²) in [6.45, 7) is 0. The number of hydrogen-bond acceptors (Lipinski definition) is 2. The highest BCUT2D eigenvalue weighted by Crippen LogP contribution is 2.34. The topological polar surface area (TPSA) is 35.2 Å². The lowest BCUT2D eigenvalue weighted by atomic mass is 10.3. The Labute approximate surface area is 114 Å². The second-order valence-electron chi connectivity index (χ2n) is 3.36. The molecule has 2 N–H and O–H groups in total. The van der Waals surface area contributed by atoms with Gasteiger partial charge in [-0.05, 0) is 36.4 Å². The summed E-state index contributed by atoms with van der Waals surface area (Å²) < 4.78 is 5.58. The molecule has 0 amide bonds. The fourth-order valence-corrected chi connectivity index (χ4v) is 1.92. The van der Waals surface area contributed by atoms with Crippen molar-refractivity contribution in [2.24, 2.45) is 0 Å². The van der Waals surface area contributed by atoms with Crippen LogP contribution in [0.3, 0.4) is 0 Å². The van der Waals surface area contributed by atoms with Crippen LogP contribution >= 0.6 is 34.8 Å². The molecule has 2 aromatic rings. The van der Waals surface area contributed by atoms with E-state index < -0.39 is 0 Å². The van der Waals surface area contributed by atoms with Crippen molar-refractivity contribution in [1.82, 2.24) is 0 Å². The smallest absolute Gasteiger partial charge is 0.150 e. The summed E-state index contributed by atoms with van der Waals surface area (Å²) in [6.07, 6.45) is 0. The van der Waals surface area contributed by atoms with Gasteiger partial charge in [-0.15, -0.1) is 0 Å². The van der Waals surface area contributed by atoms with Gasteiger partial charge in [-0.25, -0.2) is 0 Å². The minimum Gasteiger partial charge on any atom is -0.454 e. The van der Waals surface area contributed by atoms with Crippen LogP contribution in [0.5, 0.6) is 11.5 Å². The van der Waals surface area contributed by atoms with E-state index in [0.717, 1.165) is 0 Å². The Hall–Kier alpha value is -1.09. The van der Waals surface area contributed by atoms with E-state index in [1.54, 1.807) is 36.4 Å². The van der Waals surface area contributed by atoms with Crippen molar-refractivity contribution in [1.29, 1.82) is 0 Å². The van der Waals surface area contributed by atoms with E-state index in [4.69, 9.17) is 45.3 Å². The van der Waals surface area contributed by atoms with Gasteiger partial charge in [0.05, 0.1) is 10.7 Å². The summed E-state index contributed by atoms with van der Waals surface area (Å²) in [7, 11) is 0. The normalized spacial score (nSPS) is 10.3. The third-order valence-electron chi connectivity index (χ3n) is 2.09. The molecule has 2 nitrogen and oxygen atoms in total. The SMILES string of the molecule is Nc1cc(Cl)ccc1Oc1ccc(Cl)cc1Cl. The zero-order chi connectivity index (χ0) is 12.4. The second-order valence-corrected chi connectivity index (χ2v) is 4.64. The van der Waals surface area contributed by atoms with Crippen molar-refractivity contribution in [2.45, 2.75) is 0 Å². The standard InChI is InChI=1S/C12H8Cl3NO/c13-7-1-3-11(9(15)5-7)17-12-4-2-8(14)6-10(12)16/h1-6H,16H2. The molecule has 0 aromatic heterocycles. The lowest BCUT2D eigenvalue weighted by Crippen LogP contribution is -1.92. The Kier molecular flexibility index (Phi) is 3.67. The molecule has 17 heavy (non-hydrogen) atoms. The van der Waals surface area contributed by atoms with Gasteiger partial charge in [0.15, 0.2) is 0 Å².